The summed E-state index contributed by atoms with van der Waals surface area (Å²) in [6.45, 7) is 4.86. The molecule has 0 aliphatic heterocycles. The fraction of sp³-hybridized carbons (Fsp3) is 0.625. The number of carbonyl (C=O) groups excluding carboxylic acids is 3. The van der Waals surface area contributed by atoms with Crippen LogP contribution in [0.4, 0.5) is 0 Å². The first-order chi connectivity index (χ1) is 5.90. The van der Waals surface area contributed by atoms with Crippen molar-refractivity contribution in [2.45, 2.75) is 27.2 Å². The van der Waals surface area contributed by atoms with Crippen molar-refractivity contribution in [2.75, 3.05) is 6.61 Å². The Kier molecular flexibility index (Phi) is 9.48. The number of carboxylic acid groups (broad SMARTS) is 1. The highest BCUT2D eigenvalue weighted by Gasteiger charge is 1.88. The third-order valence-corrected chi connectivity index (χ3v) is 0.741. The summed E-state index contributed by atoms with van der Waals surface area (Å²) in [5.41, 5.74) is 0. The Bertz CT molecular complexity index is 173. The van der Waals surface area contributed by atoms with Gasteiger partial charge in [0.1, 0.15) is 5.78 Å². The van der Waals surface area contributed by atoms with Crippen molar-refractivity contribution in [3.8, 4) is 0 Å². The normalized spacial score (nSPS) is 7.92. The number of carbonyl (C=O) groups is 3. The summed E-state index contributed by atoms with van der Waals surface area (Å²) in [7, 11) is 0. The van der Waals surface area contributed by atoms with E-state index in [9.17, 15) is 19.5 Å². The van der Waals surface area contributed by atoms with Crippen LogP contribution in [0.1, 0.15) is 27.2 Å². The lowest BCUT2D eigenvalue weighted by Crippen LogP contribution is -2.24. The van der Waals surface area contributed by atoms with Crippen molar-refractivity contribution in [2.24, 2.45) is 0 Å². The second kappa shape index (κ2) is 8.70. The van der Waals surface area contributed by atoms with Gasteiger partial charge < -0.3 is 14.6 Å². The second-order valence-corrected chi connectivity index (χ2v) is 2.18. The average Bonchev–Trinajstić information content (AvgIpc) is 1.83. The number of hydrogen-bond donors (Lipinski definition) is 0. The lowest BCUT2D eigenvalue weighted by Gasteiger charge is -1.92. The van der Waals surface area contributed by atoms with Crippen molar-refractivity contribution in [1.82, 2.24) is 0 Å². The molecule has 0 bridgehead atoms. The second-order valence-electron chi connectivity index (χ2n) is 2.18. The zero-order valence-electron chi connectivity index (χ0n) is 7.96. The highest BCUT2D eigenvalue weighted by Crippen LogP contribution is 1.74. The van der Waals surface area contributed by atoms with Gasteiger partial charge in [-0.2, -0.15) is 0 Å². The van der Waals surface area contributed by atoms with Crippen LogP contribution in [-0.4, -0.2) is 24.3 Å². The lowest BCUT2D eigenvalue weighted by molar-refractivity contribution is -0.304. The minimum Gasteiger partial charge on any atom is -0.550 e. The summed E-state index contributed by atoms with van der Waals surface area (Å²) < 4.78 is 4.40. The van der Waals surface area contributed by atoms with Gasteiger partial charge in [-0.25, -0.2) is 0 Å². The monoisotopic (exact) mass is 189 g/mol. The topological polar surface area (TPSA) is 83.5 Å². The van der Waals surface area contributed by atoms with Gasteiger partial charge in [-0.3, -0.25) is 9.59 Å². The van der Waals surface area contributed by atoms with Crippen LogP contribution in [0.3, 0.4) is 0 Å². The molecular formula is C8H13O5-. The van der Waals surface area contributed by atoms with Gasteiger partial charge in [0, 0.05) is 19.3 Å². The van der Waals surface area contributed by atoms with Gasteiger partial charge in [-0.05, 0) is 13.8 Å². The van der Waals surface area contributed by atoms with Crippen LogP contribution in [-0.2, 0) is 19.1 Å². The molecule has 0 unspecified atom stereocenters. The molecule has 5 heteroatoms. The van der Waals surface area contributed by atoms with Crippen LogP contribution >= 0.6 is 0 Å². The molecule has 0 N–H and O–H groups in total. The molecule has 0 fully saturated rings. The van der Waals surface area contributed by atoms with Gasteiger partial charge >= 0.3 is 5.97 Å². The Hall–Kier alpha value is -1.39. The fourth-order valence-corrected chi connectivity index (χ4v) is 0.407. The number of rotatable bonds is 3. The molecule has 5 nitrogen and oxygen atoms in total. The number of ether oxygens (including phenoxy) is 1. The van der Waals surface area contributed by atoms with E-state index in [1.54, 1.807) is 6.92 Å². The molecule has 0 heterocycles. The van der Waals surface area contributed by atoms with E-state index < -0.39 is 12.4 Å². The molecule has 0 atom stereocenters. The summed E-state index contributed by atoms with van der Waals surface area (Å²) in [4.78, 5) is 29.1. The molecule has 0 aromatic heterocycles. The predicted octanol–water partition coefficient (Wildman–Crippen LogP) is -0.715. The van der Waals surface area contributed by atoms with Crippen LogP contribution in [0.15, 0.2) is 0 Å². The number of esters is 1. The Morgan fingerprint density at radius 3 is 1.69 bits per heavy atom. The zero-order valence-corrected chi connectivity index (χ0v) is 7.96. The predicted molar refractivity (Wildman–Crippen MR) is 42.6 cm³/mol. The molecule has 0 saturated carbocycles. The maximum atomic E-state index is 9.83. The molecule has 0 aliphatic carbocycles. The van der Waals surface area contributed by atoms with Gasteiger partial charge in [-0.15, -0.1) is 0 Å². The smallest absolute Gasteiger partial charge is 0.302 e. The summed E-state index contributed by atoms with van der Waals surface area (Å²) in [6.07, 6.45) is -0.472. The highest BCUT2D eigenvalue weighted by molar-refractivity contribution is 5.92. The van der Waals surface area contributed by atoms with E-state index in [-0.39, 0.29) is 11.8 Å². The van der Waals surface area contributed by atoms with E-state index >= 15 is 0 Å². The Balaban J connectivity index is 0. The van der Waals surface area contributed by atoms with Gasteiger partial charge in [0.2, 0.25) is 0 Å². The number of hydrogen-bond acceptors (Lipinski definition) is 5. The van der Waals surface area contributed by atoms with E-state index in [0.717, 1.165) is 0 Å². The Morgan fingerprint density at radius 1 is 1.23 bits per heavy atom. The van der Waals surface area contributed by atoms with Crippen LogP contribution in [0.5, 0.6) is 0 Å². The SMILES string of the molecule is CC(=O)CC(=O)[O-].CCOC(C)=O. The van der Waals surface area contributed by atoms with Gasteiger partial charge in [0.25, 0.3) is 0 Å². The molecule has 0 aromatic carbocycles. The van der Waals surface area contributed by atoms with Crippen molar-refractivity contribution in [3.63, 3.8) is 0 Å². The molecule has 0 radical (unpaired) electrons. The molecule has 0 amide bonds. The standard InChI is InChI=1S/C4H6O3.C4H8O2/c1-3(5)2-4(6)7;1-3-6-4(2)5/h2H2,1H3,(H,6,7);3H2,1-2H3/p-1. The highest BCUT2D eigenvalue weighted by atomic mass is 16.5. The number of aliphatic carboxylic acids is 1. The summed E-state index contributed by atoms with van der Waals surface area (Å²) in [5.74, 6) is -1.90. The fourth-order valence-electron chi connectivity index (χ4n) is 0.407. The van der Waals surface area contributed by atoms with Crippen molar-refractivity contribution in [3.05, 3.63) is 0 Å². The first-order valence-electron chi connectivity index (χ1n) is 3.72. The number of ketones is 1. The molecule has 76 valence electrons. The van der Waals surface area contributed by atoms with Crippen molar-refractivity contribution in [1.29, 1.82) is 0 Å². The number of Topliss-reactive ketones (excluding diaryl/α,β-unsaturated/α-hetero) is 1. The molecule has 13 heavy (non-hydrogen) atoms. The van der Waals surface area contributed by atoms with Crippen molar-refractivity contribution >= 4 is 17.7 Å². The van der Waals surface area contributed by atoms with Crippen LogP contribution in [0.2, 0.25) is 0 Å². The van der Waals surface area contributed by atoms with Gasteiger partial charge in [0.05, 0.1) is 6.61 Å². The Labute approximate surface area is 76.7 Å². The van der Waals surface area contributed by atoms with E-state index in [0.29, 0.717) is 6.61 Å². The molecule has 0 saturated heterocycles. The van der Waals surface area contributed by atoms with Crippen molar-refractivity contribution < 1.29 is 24.2 Å². The van der Waals surface area contributed by atoms with Gasteiger partial charge in [-0.1, -0.05) is 0 Å². The molecular weight excluding hydrogens is 176 g/mol. The van der Waals surface area contributed by atoms with E-state index in [1.165, 1.54) is 13.8 Å². The maximum absolute atomic E-state index is 9.83. The minimum atomic E-state index is -1.31. The molecule has 0 spiro atoms. The quantitative estimate of drug-likeness (QED) is 0.432. The number of carboxylic acids is 1. The zero-order chi connectivity index (χ0) is 10.9. The average molecular weight is 189 g/mol. The Morgan fingerprint density at radius 2 is 1.69 bits per heavy atom. The van der Waals surface area contributed by atoms with E-state index in [1.807, 2.05) is 0 Å². The summed E-state index contributed by atoms with van der Waals surface area (Å²) in [6, 6.07) is 0. The van der Waals surface area contributed by atoms with Crippen LogP contribution in [0, 0.1) is 0 Å². The largest absolute Gasteiger partial charge is 0.550 e. The molecule has 0 aromatic rings. The minimum absolute atomic E-state index is 0.211. The maximum Gasteiger partial charge on any atom is 0.302 e. The van der Waals surface area contributed by atoms with Crippen LogP contribution in [0.25, 0.3) is 0 Å². The third kappa shape index (κ3) is 25.0. The van der Waals surface area contributed by atoms with E-state index in [4.69, 9.17) is 0 Å². The summed E-state index contributed by atoms with van der Waals surface area (Å²) >= 11 is 0. The summed E-state index contributed by atoms with van der Waals surface area (Å²) in [5, 5.41) is 9.48. The molecule has 0 rings (SSSR count). The van der Waals surface area contributed by atoms with E-state index in [2.05, 4.69) is 4.74 Å². The lowest BCUT2D eigenvalue weighted by atomic mass is 10.3. The van der Waals surface area contributed by atoms with Crippen LogP contribution < -0.4 is 5.11 Å². The third-order valence-electron chi connectivity index (χ3n) is 0.741. The molecule has 0 aliphatic rings. The first kappa shape index (κ1) is 14.2. The first-order valence-corrected chi connectivity index (χ1v) is 3.72. The van der Waals surface area contributed by atoms with Gasteiger partial charge in [0.15, 0.2) is 0 Å².